The van der Waals surface area contributed by atoms with Crippen molar-refractivity contribution in [3.05, 3.63) is 0 Å². The van der Waals surface area contributed by atoms with Gasteiger partial charge in [0.2, 0.25) is 0 Å². The van der Waals surface area contributed by atoms with Crippen LogP contribution in [0.4, 0.5) is 0 Å². The molecule has 12 radical (unpaired) electrons. The summed E-state index contributed by atoms with van der Waals surface area (Å²) in [6.45, 7) is 0. The summed E-state index contributed by atoms with van der Waals surface area (Å²) in [7, 11) is 0. The molecule has 1 saturated carbocycles. The molecule has 0 spiro atoms. The van der Waals surface area contributed by atoms with Gasteiger partial charge in [0.15, 0.2) is 0 Å². The molecule has 6 nitrogen and oxygen atoms in total. The first-order valence-corrected chi connectivity index (χ1v) is 11.2. The zero-order chi connectivity index (χ0) is 16.2. The van der Waals surface area contributed by atoms with Gasteiger partial charge < -0.3 is 0 Å². The quantitative estimate of drug-likeness (QED) is 0.300. The van der Waals surface area contributed by atoms with Crippen LogP contribution >= 0.6 is 0 Å². The summed E-state index contributed by atoms with van der Waals surface area (Å²) in [4.78, 5) is 0. The van der Waals surface area contributed by atoms with Gasteiger partial charge in [0.25, 0.3) is 0 Å². The van der Waals surface area contributed by atoms with Gasteiger partial charge >= 0.3 is 154 Å². The Kier molecular flexibility index (Phi) is 180. The predicted molar refractivity (Wildman–Crippen MR) is 66.3 cm³/mol. The topological polar surface area (TPSA) is 102 Å². The van der Waals surface area contributed by atoms with Gasteiger partial charge in [-0.3, -0.25) is 0 Å². The first-order valence-electron chi connectivity index (χ1n) is 4.22. The molecule has 0 aromatic heterocycles. The van der Waals surface area contributed by atoms with Gasteiger partial charge in [-0.2, -0.15) is 0 Å². The molecule has 0 aliphatic heterocycles. The van der Waals surface area contributed by atoms with Gasteiger partial charge in [-0.05, 0) is 0 Å². The summed E-state index contributed by atoms with van der Waals surface area (Å²) in [5.41, 5.74) is 0. The van der Waals surface area contributed by atoms with Crippen molar-refractivity contribution < 1.29 is 18.5 Å². The zero-order valence-corrected chi connectivity index (χ0v) is 26.8. The van der Waals surface area contributed by atoms with E-state index in [-0.39, 0.29) is 0 Å². The van der Waals surface area contributed by atoms with E-state index < -0.39 is 0 Å². The van der Waals surface area contributed by atoms with Crippen LogP contribution < -0.4 is 0 Å². The molecule has 1 rings (SSSR count). The summed E-state index contributed by atoms with van der Waals surface area (Å²) in [6.07, 6.45) is 9.00. The van der Waals surface area contributed by atoms with Crippen LogP contribution in [0.5, 0.6) is 0 Å². The summed E-state index contributed by atoms with van der Waals surface area (Å²) >= 11 is 1.80. The van der Waals surface area contributed by atoms with Crippen LogP contribution in [-0.4, -0.2) is 135 Å². The molecule has 0 unspecified atom stereocenters. The van der Waals surface area contributed by atoms with E-state index in [1.54, 1.807) is 0 Å². The van der Waals surface area contributed by atoms with E-state index in [9.17, 15) is 0 Å². The van der Waals surface area contributed by atoms with Gasteiger partial charge in [0.05, 0.1) is 0 Å². The molecule has 0 heterocycles. The van der Waals surface area contributed by atoms with Crippen molar-refractivity contribution in [2.45, 2.75) is 38.5 Å². The van der Waals surface area contributed by atoms with Gasteiger partial charge in [-0.1, -0.05) is 38.5 Å². The average Bonchev–Trinajstić information content (AvgIpc) is 2.60. The minimum absolute atomic E-state index is 0.300. The van der Waals surface area contributed by atoms with Crippen LogP contribution in [-0.2, 0) is 18.5 Å². The van der Waals surface area contributed by atoms with Gasteiger partial charge in [-0.25, -0.2) is 0 Å². The van der Waals surface area contributed by atoms with E-state index in [1.807, 2.05) is 0 Å². The molecular weight excluding hydrogens is 880 g/mol. The van der Waals surface area contributed by atoms with Crippen molar-refractivity contribution in [1.82, 2.24) is 0 Å². The molecule has 0 amide bonds. The summed E-state index contributed by atoms with van der Waals surface area (Å²) < 4.78 is 50.0. The van der Waals surface area contributed by atoms with Crippen LogP contribution in [0.2, 0.25) is 0 Å². The van der Waals surface area contributed by atoms with Gasteiger partial charge in [0, 0.05) is 0 Å². The molecule has 96 valence electrons. The zero-order valence-electron chi connectivity index (χ0n) is 9.69. The Labute approximate surface area is 188 Å². The fourth-order valence-electron chi connectivity index (χ4n) is 1.06. The predicted octanol–water partition coefficient (Wildman–Crippen LogP) is -0.657. The van der Waals surface area contributed by atoms with Crippen molar-refractivity contribution in [2.24, 2.45) is 0 Å². The number of hydrogen-bond acceptors (Lipinski definition) is 6. The molecule has 1 aliphatic rings. The maximum absolute atomic E-state index is 8.34. The molecule has 0 aromatic carbocycles. The molecular formula is C6H12O6Sn6. The molecule has 0 bridgehead atoms. The second kappa shape index (κ2) is 85.9. The summed E-state index contributed by atoms with van der Waals surface area (Å²) in [6, 6.07) is 0. The van der Waals surface area contributed by atoms with Crippen LogP contribution in [0.25, 0.3) is 0 Å². The Morgan fingerprint density at radius 3 is 0.389 bits per heavy atom. The Morgan fingerprint density at radius 2 is 0.333 bits per heavy atom. The fourth-order valence-corrected chi connectivity index (χ4v) is 1.06. The van der Waals surface area contributed by atoms with Crippen LogP contribution in [0, 0.1) is 0 Å². The normalized spacial score (nSPS) is 9.33. The van der Waals surface area contributed by atoms with E-state index in [1.165, 1.54) is 38.5 Å². The Hall–Kier alpha value is 3.59. The second-order valence-corrected chi connectivity index (χ2v) is 2.12. The van der Waals surface area contributed by atoms with Crippen molar-refractivity contribution in [1.29, 1.82) is 0 Å². The van der Waals surface area contributed by atoms with E-state index >= 15 is 0 Å². The van der Waals surface area contributed by atoms with E-state index in [0.717, 1.165) is 0 Å². The molecule has 12 heteroatoms. The van der Waals surface area contributed by atoms with Crippen LogP contribution in [0.3, 0.4) is 0 Å². The maximum atomic E-state index is 8.34. The Morgan fingerprint density at radius 1 is 0.278 bits per heavy atom. The second-order valence-electron chi connectivity index (χ2n) is 2.12. The van der Waals surface area contributed by atoms with Crippen LogP contribution in [0.1, 0.15) is 38.5 Å². The first-order chi connectivity index (χ1) is 9.00. The van der Waals surface area contributed by atoms with E-state index in [0.29, 0.717) is 135 Å². The third-order valence-electron chi connectivity index (χ3n) is 1.50. The number of rotatable bonds is 0. The molecule has 1 fully saturated rings. The molecule has 0 N–H and O–H groups in total. The van der Waals surface area contributed by atoms with E-state index in [4.69, 9.17) is 18.5 Å². The summed E-state index contributed by atoms with van der Waals surface area (Å²) in [5.74, 6) is 0. The van der Waals surface area contributed by atoms with Crippen molar-refractivity contribution in [3.63, 3.8) is 0 Å². The Balaban J connectivity index is -0.0000000262. The van der Waals surface area contributed by atoms with Crippen molar-refractivity contribution in [3.8, 4) is 0 Å². The van der Waals surface area contributed by atoms with E-state index in [2.05, 4.69) is 0 Å². The van der Waals surface area contributed by atoms with Crippen LogP contribution in [0.15, 0.2) is 0 Å². The monoisotopic (exact) mass is 899 g/mol. The minimum atomic E-state index is 0.300. The standard InChI is InChI=1S/C6H12.6O.6Sn/c1-2-4-6-5-3-1;;;;;;;;;;;;/h1-6H2;;;;;;;;;;;;. The first kappa shape index (κ1) is 37.7. The summed E-state index contributed by atoms with van der Waals surface area (Å²) in [5, 5.41) is 0. The third kappa shape index (κ3) is 73.6. The molecule has 0 aromatic rings. The number of hydrogen-bond donors (Lipinski definition) is 0. The fraction of sp³-hybridized carbons (Fsp3) is 1.00. The van der Waals surface area contributed by atoms with Crippen molar-refractivity contribution in [2.75, 3.05) is 0 Å². The Bertz CT molecular complexity index is 83.5. The molecule has 18 heavy (non-hydrogen) atoms. The average molecular weight is 892 g/mol. The molecule has 0 atom stereocenters. The molecule has 0 saturated heterocycles. The third-order valence-corrected chi connectivity index (χ3v) is 1.50. The SMILES string of the molecule is C1CCCCC1.[O]=[Sn].[O]=[Sn].[O]=[Sn].[O]=[Sn].[O]=[Sn].[O]=[Sn]. The van der Waals surface area contributed by atoms with Gasteiger partial charge in [0.1, 0.15) is 0 Å². The molecule has 1 aliphatic carbocycles. The van der Waals surface area contributed by atoms with Crippen molar-refractivity contribution >= 4 is 135 Å². The van der Waals surface area contributed by atoms with Gasteiger partial charge in [-0.15, -0.1) is 0 Å².